The summed E-state index contributed by atoms with van der Waals surface area (Å²) in [6.45, 7) is 3.71. The summed E-state index contributed by atoms with van der Waals surface area (Å²) in [6.07, 6.45) is 4.77. The smallest absolute Gasteiger partial charge is 0.337 e. The number of esters is 1. The third-order valence-corrected chi connectivity index (χ3v) is 4.60. The Kier molecular flexibility index (Phi) is 5.70. The number of nitrogens with zero attached hydrogens (tertiary/aromatic N) is 3. The Labute approximate surface area is 168 Å². The van der Waals surface area contributed by atoms with Crippen molar-refractivity contribution in [3.63, 3.8) is 0 Å². The van der Waals surface area contributed by atoms with Gasteiger partial charge in [-0.1, -0.05) is 0 Å². The lowest BCUT2D eigenvalue weighted by molar-refractivity contribution is 0.0600. The van der Waals surface area contributed by atoms with Gasteiger partial charge >= 0.3 is 5.97 Å². The Balaban J connectivity index is 1.99. The maximum atomic E-state index is 13.0. The highest BCUT2D eigenvalue weighted by atomic mass is 16.5. The summed E-state index contributed by atoms with van der Waals surface area (Å²) in [5.41, 5.74) is 4.06. The minimum absolute atomic E-state index is 0.0532. The van der Waals surface area contributed by atoms with Crippen molar-refractivity contribution >= 4 is 17.8 Å². The number of ketones is 1. The molecule has 3 rings (SSSR count). The molecule has 0 amide bonds. The number of aryl methyl sites for hydroxylation is 1. The number of methoxy groups -OCH3 is 1. The molecule has 3 aromatic rings. The Morgan fingerprint density at radius 3 is 2.34 bits per heavy atom. The predicted molar refractivity (Wildman–Crippen MR) is 109 cm³/mol. The van der Waals surface area contributed by atoms with E-state index in [1.54, 1.807) is 60.9 Å². The van der Waals surface area contributed by atoms with E-state index >= 15 is 0 Å². The summed E-state index contributed by atoms with van der Waals surface area (Å²) in [5.74, 6) is -0.747. The monoisotopic (exact) mass is 385 g/mol. The summed E-state index contributed by atoms with van der Waals surface area (Å²) in [5, 5.41) is 9.50. The SMILES string of the molecule is COC(=O)c1ccc(-n2c(C)cc(C(=O)/C(C#N)=C/c3ccncc3)c2C)cc1. The molecule has 0 aliphatic heterocycles. The number of hydrogen-bond acceptors (Lipinski definition) is 5. The minimum Gasteiger partial charge on any atom is -0.465 e. The third-order valence-electron chi connectivity index (χ3n) is 4.60. The standard InChI is InChI=1S/C23H19N3O3/c1-15-12-21(22(27)19(14-24)13-17-8-10-25-11-9-17)16(2)26(15)20-6-4-18(5-7-20)23(28)29-3/h4-13H,1-3H3/b19-13+. The van der Waals surface area contributed by atoms with Gasteiger partial charge in [0.1, 0.15) is 11.6 Å². The van der Waals surface area contributed by atoms with Crippen LogP contribution >= 0.6 is 0 Å². The van der Waals surface area contributed by atoms with Gasteiger partial charge in [0.25, 0.3) is 0 Å². The Morgan fingerprint density at radius 1 is 1.10 bits per heavy atom. The first-order chi connectivity index (χ1) is 14.0. The maximum Gasteiger partial charge on any atom is 0.337 e. The van der Waals surface area contributed by atoms with E-state index in [0.29, 0.717) is 16.8 Å². The lowest BCUT2D eigenvalue weighted by atomic mass is 10.0. The predicted octanol–water partition coefficient (Wildman–Crippen LogP) is 4.07. The van der Waals surface area contributed by atoms with E-state index in [-0.39, 0.29) is 11.4 Å². The van der Waals surface area contributed by atoms with Crippen molar-refractivity contribution in [2.75, 3.05) is 7.11 Å². The third kappa shape index (κ3) is 3.99. The number of benzene rings is 1. The van der Waals surface area contributed by atoms with Crippen molar-refractivity contribution in [1.29, 1.82) is 5.26 Å². The van der Waals surface area contributed by atoms with E-state index in [9.17, 15) is 14.9 Å². The van der Waals surface area contributed by atoms with Gasteiger partial charge in [-0.3, -0.25) is 9.78 Å². The summed E-state index contributed by atoms with van der Waals surface area (Å²) in [6, 6.07) is 14.2. The number of carbonyl (C=O) groups is 2. The van der Waals surface area contributed by atoms with Gasteiger partial charge in [0.05, 0.1) is 12.7 Å². The fraction of sp³-hybridized carbons (Fsp3) is 0.130. The summed E-state index contributed by atoms with van der Waals surface area (Å²) < 4.78 is 6.63. The van der Waals surface area contributed by atoms with E-state index in [1.165, 1.54) is 7.11 Å². The number of hydrogen-bond donors (Lipinski definition) is 0. The lowest BCUT2D eigenvalue weighted by Gasteiger charge is -2.10. The van der Waals surface area contributed by atoms with Crippen LogP contribution in [-0.4, -0.2) is 28.4 Å². The highest BCUT2D eigenvalue weighted by Crippen LogP contribution is 2.24. The number of rotatable bonds is 5. The van der Waals surface area contributed by atoms with Crippen LogP contribution < -0.4 is 0 Å². The van der Waals surface area contributed by atoms with Crippen LogP contribution in [0.5, 0.6) is 0 Å². The second-order valence-electron chi connectivity index (χ2n) is 6.44. The van der Waals surface area contributed by atoms with Crippen LogP contribution in [0.15, 0.2) is 60.4 Å². The van der Waals surface area contributed by atoms with E-state index in [0.717, 1.165) is 16.9 Å². The number of carbonyl (C=O) groups excluding carboxylic acids is 2. The number of Topliss-reactive ketones (excluding diaryl/α,β-unsaturated/α-hetero) is 1. The molecule has 0 N–H and O–H groups in total. The Morgan fingerprint density at radius 2 is 1.76 bits per heavy atom. The molecule has 0 bridgehead atoms. The molecule has 0 spiro atoms. The molecule has 0 aliphatic rings. The summed E-state index contributed by atoms with van der Waals surface area (Å²) in [7, 11) is 1.33. The fourth-order valence-corrected chi connectivity index (χ4v) is 3.17. The van der Waals surface area contributed by atoms with Crippen molar-refractivity contribution in [3.8, 4) is 11.8 Å². The van der Waals surface area contributed by atoms with Crippen molar-refractivity contribution in [3.05, 3.63) is 88.5 Å². The molecule has 0 atom stereocenters. The molecule has 2 aromatic heterocycles. The Hall–Kier alpha value is -3.98. The van der Waals surface area contributed by atoms with Crippen LogP contribution in [0.4, 0.5) is 0 Å². The molecular formula is C23H19N3O3. The van der Waals surface area contributed by atoms with Gasteiger partial charge in [-0.15, -0.1) is 0 Å². The molecule has 0 fully saturated rings. The molecule has 144 valence electrons. The molecule has 0 unspecified atom stereocenters. The number of nitriles is 1. The topological polar surface area (TPSA) is 85.0 Å². The van der Waals surface area contributed by atoms with Crippen LogP contribution in [0.3, 0.4) is 0 Å². The number of allylic oxidation sites excluding steroid dienone is 1. The largest absolute Gasteiger partial charge is 0.465 e. The maximum absolute atomic E-state index is 13.0. The van der Waals surface area contributed by atoms with Gasteiger partial charge in [-0.2, -0.15) is 5.26 Å². The molecule has 6 heteroatoms. The van der Waals surface area contributed by atoms with Crippen molar-refractivity contribution in [1.82, 2.24) is 9.55 Å². The molecule has 0 saturated heterocycles. The summed E-state index contributed by atoms with van der Waals surface area (Å²) >= 11 is 0. The lowest BCUT2D eigenvalue weighted by Crippen LogP contribution is -2.06. The first-order valence-electron chi connectivity index (χ1n) is 8.90. The van der Waals surface area contributed by atoms with Crippen LogP contribution in [0.2, 0.25) is 0 Å². The average Bonchev–Trinajstić information content (AvgIpc) is 3.05. The van der Waals surface area contributed by atoms with Crippen molar-refractivity contribution < 1.29 is 14.3 Å². The average molecular weight is 385 g/mol. The zero-order valence-electron chi connectivity index (χ0n) is 16.3. The van der Waals surface area contributed by atoms with Gasteiger partial charge in [-0.05, 0) is 68.0 Å². The van der Waals surface area contributed by atoms with Crippen LogP contribution in [0.1, 0.15) is 37.7 Å². The molecule has 1 aromatic carbocycles. The van der Waals surface area contributed by atoms with E-state index < -0.39 is 5.97 Å². The van der Waals surface area contributed by atoms with Gasteiger partial charge in [0, 0.05) is 35.0 Å². The van der Waals surface area contributed by atoms with E-state index in [1.807, 2.05) is 24.5 Å². The van der Waals surface area contributed by atoms with Crippen LogP contribution in [0, 0.1) is 25.2 Å². The first-order valence-corrected chi connectivity index (χ1v) is 8.90. The van der Waals surface area contributed by atoms with Gasteiger partial charge in [-0.25, -0.2) is 4.79 Å². The zero-order valence-corrected chi connectivity index (χ0v) is 16.3. The van der Waals surface area contributed by atoms with Gasteiger partial charge in [0.15, 0.2) is 0 Å². The first kappa shape index (κ1) is 19.8. The molecule has 29 heavy (non-hydrogen) atoms. The molecule has 6 nitrogen and oxygen atoms in total. The van der Waals surface area contributed by atoms with E-state index in [2.05, 4.69) is 4.98 Å². The van der Waals surface area contributed by atoms with Gasteiger partial charge < -0.3 is 9.30 Å². The second kappa shape index (κ2) is 8.36. The van der Waals surface area contributed by atoms with E-state index in [4.69, 9.17) is 4.74 Å². The summed E-state index contributed by atoms with van der Waals surface area (Å²) in [4.78, 5) is 28.6. The van der Waals surface area contributed by atoms with Crippen molar-refractivity contribution in [2.24, 2.45) is 0 Å². The second-order valence-corrected chi connectivity index (χ2v) is 6.44. The number of aromatic nitrogens is 2. The van der Waals surface area contributed by atoms with Gasteiger partial charge in [0.2, 0.25) is 5.78 Å². The molecule has 0 saturated carbocycles. The normalized spacial score (nSPS) is 11.0. The van der Waals surface area contributed by atoms with Crippen LogP contribution in [-0.2, 0) is 4.74 Å². The Bertz CT molecular complexity index is 1130. The minimum atomic E-state index is -0.409. The molecular weight excluding hydrogens is 366 g/mol. The number of pyridine rings is 1. The molecule has 2 heterocycles. The molecule has 0 aliphatic carbocycles. The molecule has 0 radical (unpaired) electrons. The zero-order chi connectivity index (χ0) is 21.0. The highest BCUT2D eigenvalue weighted by Gasteiger charge is 2.20. The highest BCUT2D eigenvalue weighted by molar-refractivity contribution is 6.14. The fourth-order valence-electron chi connectivity index (χ4n) is 3.17. The van der Waals surface area contributed by atoms with Crippen molar-refractivity contribution in [2.45, 2.75) is 13.8 Å². The quantitative estimate of drug-likeness (QED) is 0.286. The van der Waals surface area contributed by atoms with Crippen LogP contribution in [0.25, 0.3) is 11.8 Å². The number of ether oxygens (including phenoxy) is 1.